The molecular formula is C72H45NS. The first-order valence-electron chi connectivity index (χ1n) is 25.7. The molecule has 3 aliphatic rings. The lowest BCUT2D eigenvalue weighted by Crippen LogP contribution is -2.28. The van der Waals surface area contributed by atoms with Crippen molar-refractivity contribution in [2.45, 2.75) is 10.8 Å². The number of anilines is 3. The van der Waals surface area contributed by atoms with Gasteiger partial charge in [0.2, 0.25) is 0 Å². The lowest BCUT2D eigenvalue weighted by molar-refractivity contribution is 0.768. The Labute approximate surface area is 434 Å². The highest BCUT2D eigenvalue weighted by atomic mass is 32.1. The standard InChI is InChI=1S/C72H45NS/c1-3-18-50(19-4-1)71(51-20-5-2-6-21-51)63-27-13-9-25-57(63)59-36-34-53(44-68(59)71)73(69-42-48-32-31-46-17-7-8-22-54(46)60(48)45-61(69)47-33-38-70-49(41-47)39-40-74-70)52-35-37-67-62(43-52)58-26-12-16-30-66(58)72(67)64-28-14-10-23-55(64)56-24-11-15-29-65(56)72/h1-45H. The van der Waals surface area contributed by atoms with E-state index in [1.807, 2.05) is 0 Å². The van der Waals surface area contributed by atoms with Crippen molar-refractivity contribution < 1.29 is 0 Å². The molecular weight excluding hydrogens is 911 g/mol. The maximum absolute atomic E-state index is 2.58. The van der Waals surface area contributed by atoms with Gasteiger partial charge in [0.05, 0.1) is 16.5 Å². The average Bonchev–Trinajstić information content (AvgIpc) is 4.25. The molecule has 0 radical (unpaired) electrons. The summed E-state index contributed by atoms with van der Waals surface area (Å²) in [6.07, 6.45) is 0. The highest BCUT2D eigenvalue weighted by Crippen LogP contribution is 2.64. The van der Waals surface area contributed by atoms with Gasteiger partial charge in [0, 0.05) is 21.6 Å². The largest absolute Gasteiger partial charge is 0.310 e. The van der Waals surface area contributed by atoms with E-state index in [1.165, 1.54) is 121 Å². The average molecular weight is 956 g/mol. The fourth-order valence-electron chi connectivity index (χ4n) is 13.8. The van der Waals surface area contributed by atoms with Crippen molar-refractivity contribution in [1.82, 2.24) is 0 Å². The van der Waals surface area contributed by atoms with Crippen LogP contribution >= 0.6 is 11.3 Å². The van der Waals surface area contributed by atoms with Gasteiger partial charge in [-0.1, -0.05) is 212 Å². The maximum Gasteiger partial charge on any atom is 0.0725 e. The van der Waals surface area contributed by atoms with Crippen LogP contribution in [0.1, 0.15) is 44.5 Å². The molecule has 13 aromatic rings. The first-order chi connectivity index (χ1) is 36.7. The van der Waals surface area contributed by atoms with E-state index in [0.717, 1.165) is 17.1 Å². The molecule has 1 heterocycles. The predicted molar refractivity (Wildman–Crippen MR) is 311 cm³/mol. The van der Waals surface area contributed by atoms with Gasteiger partial charge in [-0.3, -0.25) is 0 Å². The number of rotatable bonds is 6. The van der Waals surface area contributed by atoms with Gasteiger partial charge < -0.3 is 4.90 Å². The lowest BCUT2D eigenvalue weighted by Gasteiger charge is -2.35. The van der Waals surface area contributed by atoms with Crippen molar-refractivity contribution in [2.24, 2.45) is 0 Å². The highest BCUT2D eigenvalue weighted by molar-refractivity contribution is 7.17. The third kappa shape index (κ3) is 5.58. The van der Waals surface area contributed by atoms with Gasteiger partial charge in [-0.2, -0.15) is 0 Å². The van der Waals surface area contributed by atoms with Crippen LogP contribution < -0.4 is 4.90 Å². The topological polar surface area (TPSA) is 3.24 Å². The summed E-state index contributed by atoms with van der Waals surface area (Å²) in [6, 6.07) is 101. The number of thiophene rings is 1. The van der Waals surface area contributed by atoms with E-state index in [-0.39, 0.29) is 0 Å². The zero-order valence-corrected chi connectivity index (χ0v) is 41.2. The van der Waals surface area contributed by atoms with Gasteiger partial charge in [-0.25, -0.2) is 0 Å². The van der Waals surface area contributed by atoms with E-state index in [1.54, 1.807) is 11.3 Å². The van der Waals surface area contributed by atoms with Crippen LogP contribution in [-0.4, -0.2) is 0 Å². The molecule has 0 unspecified atom stereocenters. The molecule has 74 heavy (non-hydrogen) atoms. The molecule has 0 saturated heterocycles. The number of benzene rings is 12. The van der Waals surface area contributed by atoms with Crippen molar-refractivity contribution in [3.05, 3.63) is 317 Å². The number of fused-ring (bicyclic) bond motifs is 17. The third-order valence-electron chi connectivity index (χ3n) is 16.8. The zero-order chi connectivity index (χ0) is 48.5. The second-order valence-corrected chi connectivity index (χ2v) is 21.2. The maximum atomic E-state index is 2.58. The summed E-state index contributed by atoms with van der Waals surface area (Å²) in [5.41, 5.74) is 22.8. The Morgan fingerprint density at radius 2 is 0.811 bits per heavy atom. The third-order valence-corrected chi connectivity index (χ3v) is 17.7. The van der Waals surface area contributed by atoms with Gasteiger partial charge in [0.15, 0.2) is 0 Å². The summed E-state index contributed by atoms with van der Waals surface area (Å²) in [4.78, 5) is 2.58. The SMILES string of the molecule is c1ccc(C2(c3ccccc3)c3ccccc3-c3ccc(N(c4ccc5c(c4)-c4ccccc4C54c5ccccc5-c5ccccc54)c4cc5ccc6ccccc6c5cc4-c4ccc5sccc5c4)cc32)cc1. The predicted octanol–water partition coefficient (Wildman–Crippen LogP) is 19.1. The van der Waals surface area contributed by atoms with Crippen molar-refractivity contribution in [1.29, 1.82) is 0 Å². The van der Waals surface area contributed by atoms with Crippen LogP contribution in [0.2, 0.25) is 0 Å². The van der Waals surface area contributed by atoms with Crippen molar-refractivity contribution in [2.75, 3.05) is 4.90 Å². The van der Waals surface area contributed by atoms with Gasteiger partial charge >= 0.3 is 0 Å². The van der Waals surface area contributed by atoms with Crippen molar-refractivity contribution in [3.63, 3.8) is 0 Å². The second-order valence-electron chi connectivity index (χ2n) is 20.3. The molecule has 12 aromatic carbocycles. The first kappa shape index (κ1) is 41.5. The number of hydrogen-bond acceptors (Lipinski definition) is 2. The van der Waals surface area contributed by atoms with Crippen LogP contribution in [0, 0.1) is 0 Å². The Morgan fingerprint density at radius 1 is 0.284 bits per heavy atom. The van der Waals surface area contributed by atoms with E-state index in [2.05, 4.69) is 277 Å². The van der Waals surface area contributed by atoms with Gasteiger partial charge in [-0.15, -0.1) is 11.3 Å². The van der Waals surface area contributed by atoms with Crippen LogP contribution in [0.15, 0.2) is 272 Å². The van der Waals surface area contributed by atoms with Gasteiger partial charge in [0.1, 0.15) is 0 Å². The molecule has 1 nitrogen and oxygen atoms in total. The summed E-state index contributed by atoms with van der Waals surface area (Å²) < 4.78 is 1.29. The van der Waals surface area contributed by atoms with E-state index in [4.69, 9.17) is 0 Å². The van der Waals surface area contributed by atoms with Crippen LogP contribution in [0.5, 0.6) is 0 Å². The summed E-state index contributed by atoms with van der Waals surface area (Å²) in [5.74, 6) is 0. The Kier molecular flexibility index (Phi) is 8.82. The van der Waals surface area contributed by atoms with Gasteiger partial charge in [-0.05, 0) is 170 Å². The quantitative estimate of drug-likeness (QED) is 0.150. The van der Waals surface area contributed by atoms with Crippen molar-refractivity contribution in [3.8, 4) is 44.5 Å². The fourth-order valence-corrected chi connectivity index (χ4v) is 14.6. The number of nitrogens with zero attached hydrogens (tertiary/aromatic N) is 1. The van der Waals surface area contributed by atoms with Gasteiger partial charge in [0.25, 0.3) is 0 Å². The molecule has 0 saturated carbocycles. The zero-order valence-electron chi connectivity index (χ0n) is 40.3. The minimum Gasteiger partial charge on any atom is -0.310 e. The molecule has 3 aliphatic carbocycles. The molecule has 16 rings (SSSR count). The monoisotopic (exact) mass is 955 g/mol. The lowest BCUT2D eigenvalue weighted by atomic mass is 9.67. The molecule has 1 spiro atoms. The molecule has 0 amide bonds. The van der Waals surface area contributed by atoms with E-state index in [0.29, 0.717) is 0 Å². The Bertz CT molecular complexity index is 4360. The van der Waals surface area contributed by atoms with Crippen LogP contribution in [-0.2, 0) is 10.8 Å². The van der Waals surface area contributed by atoms with E-state index >= 15 is 0 Å². The van der Waals surface area contributed by atoms with E-state index < -0.39 is 10.8 Å². The summed E-state index contributed by atoms with van der Waals surface area (Å²) >= 11 is 1.80. The smallest absolute Gasteiger partial charge is 0.0725 e. The van der Waals surface area contributed by atoms with Crippen molar-refractivity contribution >= 4 is 60.0 Å². The molecule has 0 fully saturated rings. The molecule has 0 aliphatic heterocycles. The summed E-state index contributed by atoms with van der Waals surface area (Å²) in [5, 5.41) is 8.40. The fraction of sp³-hybridized carbons (Fsp3) is 0.0278. The normalized spacial score (nSPS) is 13.9. The Balaban J connectivity index is 1.02. The van der Waals surface area contributed by atoms with E-state index in [9.17, 15) is 0 Å². The minimum atomic E-state index is -0.572. The minimum absolute atomic E-state index is 0.447. The number of hydrogen-bond donors (Lipinski definition) is 0. The Morgan fingerprint density at radius 3 is 1.49 bits per heavy atom. The first-order valence-corrected chi connectivity index (χ1v) is 26.6. The molecule has 0 atom stereocenters. The molecule has 1 aromatic heterocycles. The molecule has 2 heteroatoms. The highest BCUT2D eigenvalue weighted by Gasteiger charge is 2.52. The molecule has 344 valence electrons. The second kappa shape index (κ2) is 15.7. The van der Waals surface area contributed by atoms with Crippen LogP contribution in [0.4, 0.5) is 17.1 Å². The molecule has 0 N–H and O–H groups in total. The Hall–Kier alpha value is -9.08. The summed E-state index contributed by atoms with van der Waals surface area (Å²) in [6.45, 7) is 0. The summed E-state index contributed by atoms with van der Waals surface area (Å²) in [7, 11) is 0. The molecule has 0 bridgehead atoms. The van der Waals surface area contributed by atoms with Crippen LogP contribution in [0.3, 0.4) is 0 Å². The van der Waals surface area contributed by atoms with Crippen LogP contribution in [0.25, 0.3) is 76.1 Å².